The maximum atomic E-state index is 6.16. The fourth-order valence-corrected chi connectivity index (χ4v) is 2.54. The molecule has 2 heterocycles. The summed E-state index contributed by atoms with van der Waals surface area (Å²) < 4.78 is 0. The molecule has 0 radical (unpaired) electrons. The number of rotatable bonds is 1. The van der Waals surface area contributed by atoms with E-state index in [2.05, 4.69) is 40.0 Å². The van der Waals surface area contributed by atoms with Gasteiger partial charge in [-0.25, -0.2) is 0 Å². The van der Waals surface area contributed by atoms with E-state index in [0.29, 0.717) is 6.04 Å². The van der Waals surface area contributed by atoms with Gasteiger partial charge in [0.05, 0.1) is 23.1 Å². The van der Waals surface area contributed by atoms with Crippen LogP contribution in [0, 0.1) is 0 Å². The summed E-state index contributed by atoms with van der Waals surface area (Å²) in [6.07, 6.45) is 1.81. The average Bonchev–Trinajstić information content (AvgIpc) is 2.79. The molecule has 1 aromatic carbocycles. The molecule has 1 saturated heterocycles. The summed E-state index contributed by atoms with van der Waals surface area (Å²) in [6.45, 7) is 5.35. The summed E-state index contributed by atoms with van der Waals surface area (Å²) in [4.78, 5) is 4.74. The average molecular weight is 245 g/mol. The summed E-state index contributed by atoms with van der Waals surface area (Å²) in [5.74, 6) is 0. The second-order valence-electron chi connectivity index (χ2n) is 5.14. The molecule has 1 aromatic heterocycles. The number of aromatic nitrogens is 2. The van der Waals surface area contributed by atoms with E-state index in [4.69, 9.17) is 5.73 Å². The van der Waals surface area contributed by atoms with Crippen LogP contribution in [0.4, 0.5) is 11.4 Å². The van der Waals surface area contributed by atoms with Crippen molar-refractivity contribution in [3.63, 3.8) is 0 Å². The van der Waals surface area contributed by atoms with Crippen LogP contribution in [0.15, 0.2) is 18.3 Å². The molecule has 3 rings (SSSR count). The van der Waals surface area contributed by atoms with E-state index < -0.39 is 0 Å². The van der Waals surface area contributed by atoms with Crippen molar-refractivity contribution in [3.8, 4) is 0 Å². The summed E-state index contributed by atoms with van der Waals surface area (Å²) in [6, 6.07) is 4.66. The Morgan fingerprint density at radius 1 is 1.39 bits per heavy atom. The maximum Gasteiger partial charge on any atom is 0.0672 e. The molecule has 0 amide bonds. The number of hydrogen-bond donors (Lipinski definition) is 2. The SMILES string of the molecule is CC1CN(c2cc3[nH]ncc3cc2N)CCN1C. The van der Waals surface area contributed by atoms with Crippen molar-refractivity contribution in [2.75, 3.05) is 37.3 Å². The lowest BCUT2D eigenvalue weighted by Crippen LogP contribution is -2.50. The van der Waals surface area contributed by atoms with E-state index >= 15 is 0 Å². The monoisotopic (exact) mass is 245 g/mol. The van der Waals surface area contributed by atoms with E-state index in [1.807, 2.05) is 12.3 Å². The lowest BCUT2D eigenvalue weighted by Gasteiger charge is -2.39. The van der Waals surface area contributed by atoms with Crippen molar-refractivity contribution in [2.45, 2.75) is 13.0 Å². The molecule has 0 saturated carbocycles. The number of H-pyrrole nitrogens is 1. The van der Waals surface area contributed by atoms with Gasteiger partial charge in [0.25, 0.3) is 0 Å². The molecule has 96 valence electrons. The minimum absolute atomic E-state index is 0.551. The number of nitrogens with zero attached hydrogens (tertiary/aromatic N) is 3. The first-order valence-electron chi connectivity index (χ1n) is 6.33. The molecule has 1 atom stereocenters. The Morgan fingerprint density at radius 2 is 2.22 bits per heavy atom. The normalized spacial score (nSPS) is 21.7. The van der Waals surface area contributed by atoms with Crippen molar-refractivity contribution in [3.05, 3.63) is 18.3 Å². The molecule has 5 heteroatoms. The fourth-order valence-electron chi connectivity index (χ4n) is 2.54. The van der Waals surface area contributed by atoms with Gasteiger partial charge in [0.1, 0.15) is 0 Å². The minimum Gasteiger partial charge on any atom is -0.397 e. The molecule has 0 aliphatic carbocycles. The maximum absolute atomic E-state index is 6.16. The van der Waals surface area contributed by atoms with E-state index in [1.54, 1.807) is 0 Å². The zero-order valence-corrected chi connectivity index (χ0v) is 10.8. The van der Waals surface area contributed by atoms with Crippen molar-refractivity contribution in [1.29, 1.82) is 0 Å². The molecule has 1 unspecified atom stereocenters. The van der Waals surface area contributed by atoms with Crippen LogP contribution in [0.2, 0.25) is 0 Å². The molecule has 1 aliphatic heterocycles. The first-order chi connectivity index (χ1) is 8.65. The van der Waals surface area contributed by atoms with Crippen LogP contribution in [0.25, 0.3) is 10.9 Å². The van der Waals surface area contributed by atoms with Crippen LogP contribution >= 0.6 is 0 Å². The highest BCUT2D eigenvalue weighted by Crippen LogP contribution is 2.29. The number of hydrogen-bond acceptors (Lipinski definition) is 4. The number of nitrogens with one attached hydrogen (secondary N) is 1. The van der Waals surface area contributed by atoms with Crippen LogP contribution < -0.4 is 10.6 Å². The van der Waals surface area contributed by atoms with Gasteiger partial charge in [-0.2, -0.15) is 5.10 Å². The van der Waals surface area contributed by atoms with Gasteiger partial charge in [0.2, 0.25) is 0 Å². The molecular weight excluding hydrogens is 226 g/mol. The third kappa shape index (κ3) is 1.80. The third-order valence-corrected chi connectivity index (χ3v) is 3.89. The van der Waals surface area contributed by atoms with Gasteiger partial charge in [-0.3, -0.25) is 5.10 Å². The van der Waals surface area contributed by atoms with Gasteiger partial charge in [0, 0.05) is 31.1 Å². The first-order valence-corrected chi connectivity index (χ1v) is 6.33. The number of nitrogen functional groups attached to an aromatic ring is 1. The Kier molecular flexibility index (Phi) is 2.63. The van der Waals surface area contributed by atoms with E-state index in [1.165, 1.54) is 0 Å². The van der Waals surface area contributed by atoms with Gasteiger partial charge in [-0.05, 0) is 26.1 Å². The molecule has 2 aromatic rings. The Labute approximate surface area is 107 Å². The van der Waals surface area contributed by atoms with Crippen LogP contribution in [0.3, 0.4) is 0 Å². The summed E-state index contributed by atoms with van der Waals surface area (Å²) in [5.41, 5.74) is 9.16. The van der Waals surface area contributed by atoms with Crippen LogP contribution in [0.1, 0.15) is 6.92 Å². The number of likely N-dealkylation sites (N-methyl/N-ethyl adjacent to an activating group) is 1. The second-order valence-corrected chi connectivity index (χ2v) is 5.14. The van der Waals surface area contributed by atoms with Gasteiger partial charge < -0.3 is 15.5 Å². The number of fused-ring (bicyclic) bond motifs is 1. The second kappa shape index (κ2) is 4.17. The summed E-state index contributed by atoms with van der Waals surface area (Å²) >= 11 is 0. The summed E-state index contributed by atoms with van der Waals surface area (Å²) in [7, 11) is 2.17. The predicted octanol–water partition coefficient (Wildman–Crippen LogP) is 1.29. The Hall–Kier alpha value is -1.75. The zero-order valence-electron chi connectivity index (χ0n) is 10.8. The highest BCUT2D eigenvalue weighted by atomic mass is 15.3. The lowest BCUT2D eigenvalue weighted by atomic mass is 10.1. The van der Waals surface area contributed by atoms with Crippen molar-refractivity contribution in [1.82, 2.24) is 15.1 Å². The minimum atomic E-state index is 0.551. The zero-order chi connectivity index (χ0) is 12.7. The molecule has 5 nitrogen and oxygen atoms in total. The van der Waals surface area contributed by atoms with Crippen LogP contribution in [-0.4, -0.2) is 47.8 Å². The van der Waals surface area contributed by atoms with Crippen LogP contribution in [0.5, 0.6) is 0 Å². The van der Waals surface area contributed by atoms with Crippen molar-refractivity contribution in [2.24, 2.45) is 0 Å². The first kappa shape index (κ1) is 11.3. The molecule has 1 fully saturated rings. The molecular formula is C13H19N5. The molecule has 0 bridgehead atoms. The number of piperazine rings is 1. The largest absolute Gasteiger partial charge is 0.397 e. The number of nitrogens with two attached hydrogens (primary N) is 1. The lowest BCUT2D eigenvalue weighted by molar-refractivity contribution is 0.234. The molecule has 18 heavy (non-hydrogen) atoms. The van der Waals surface area contributed by atoms with Crippen molar-refractivity contribution >= 4 is 22.3 Å². The van der Waals surface area contributed by atoms with E-state index in [-0.39, 0.29) is 0 Å². The van der Waals surface area contributed by atoms with E-state index in [9.17, 15) is 0 Å². The fraction of sp³-hybridized carbons (Fsp3) is 0.462. The number of benzene rings is 1. The van der Waals surface area contributed by atoms with Gasteiger partial charge >= 0.3 is 0 Å². The Balaban J connectivity index is 1.95. The van der Waals surface area contributed by atoms with Gasteiger partial charge in [-0.15, -0.1) is 0 Å². The summed E-state index contributed by atoms with van der Waals surface area (Å²) in [5, 5.41) is 8.12. The van der Waals surface area contributed by atoms with Gasteiger partial charge in [-0.1, -0.05) is 0 Å². The topological polar surface area (TPSA) is 61.2 Å². The Bertz CT molecular complexity index is 562. The highest BCUT2D eigenvalue weighted by Gasteiger charge is 2.22. The molecule has 1 aliphatic rings. The smallest absolute Gasteiger partial charge is 0.0672 e. The number of aromatic amines is 1. The molecule has 0 spiro atoms. The Morgan fingerprint density at radius 3 is 3.00 bits per heavy atom. The third-order valence-electron chi connectivity index (χ3n) is 3.89. The number of anilines is 2. The van der Waals surface area contributed by atoms with E-state index in [0.717, 1.165) is 41.9 Å². The molecule has 3 N–H and O–H groups in total. The quantitative estimate of drug-likeness (QED) is 0.743. The predicted molar refractivity (Wildman–Crippen MR) is 74.8 cm³/mol. The standard InChI is InChI=1S/C13H19N5/c1-9-8-18(4-3-17(9)2)13-6-12-10(5-11(13)14)7-15-16-12/h5-7,9H,3-4,8,14H2,1-2H3,(H,15,16). The van der Waals surface area contributed by atoms with Crippen LogP contribution in [-0.2, 0) is 0 Å². The van der Waals surface area contributed by atoms with Gasteiger partial charge in [0.15, 0.2) is 0 Å². The highest BCUT2D eigenvalue weighted by molar-refractivity contribution is 5.88. The van der Waals surface area contributed by atoms with Crippen molar-refractivity contribution < 1.29 is 0 Å².